The Hall–Kier alpha value is -2.43. The summed E-state index contributed by atoms with van der Waals surface area (Å²) in [5.41, 5.74) is -0.239. The Morgan fingerprint density at radius 3 is 2.70 bits per heavy atom. The van der Waals surface area contributed by atoms with Crippen LogP contribution in [0.2, 0.25) is 0 Å². The lowest BCUT2D eigenvalue weighted by molar-refractivity contribution is -0.134. The average Bonchev–Trinajstić information content (AvgIpc) is 2.84. The Kier molecular flexibility index (Phi) is 3.70. The van der Waals surface area contributed by atoms with Crippen LogP contribution in [0, 0.1) is 17.1 Å². The van der Waals surface area contributed by atoms with Crippen LogP contribution in [-0.2, 0) is 6.42 Å². The first-order valence-electron chi connectivity index (χ1n) is 5.49. The van der Waals surface area contributed by atoms with E-state index >= 15 is 0 Å². The molecule has 1 heterocycles. The smallest absolute Gasteiger partial charge is 0.334 e. The monoisotopic (exact) mass is 285 g/mol. The zero-order valence-electron chi connectivity index (χ0n) is 9.91. The second kappa shape index (κ2) is 5.28. The van der Waals surface area contributed by atoms with Crippen molar-refractivity contribution in [3.05, 3.63) is 35.4 Å². The minimum Gasteiger partial charge on any atom is -0.334 e. The first-order valence-corrected chi connectivity index (χ1v) is 5.49. The van der Waals surface area contributed by atoms with E-state index in [1.165, 1.54) is 12.1 Å². The summed E-state index contributed by atoms with van der Waals surface area (Å²) in [5, 5.41) is 12.2. The maximum absolute atomic E-state index is 13.4. The van der Waals surface area contributed by atoms with E-state index in [2.05, 4.69) is 10.1 Å². The Morgan fingerprint density at radius 1 is 1.30 bits per heavy atom. The molecular formula is C12H7F4N3O. The highest BCUT2D eigenvalue weighted by Gasteiger charge is 2.28. The number of hydrogen-bond acceptors (Lipinski definition) is 4. The van der Waals surface area contributed by atoms with Gasteiger partial charge in [-0.3, -0.25) is 0 Å². The Morgan fingerprint density at radius 2 is 2.05 bits per heavy atom. The van der Waals surface area contributed by atoms with Gasteiger partial charge >= 0.3 is 6.18 Å². The summed E-state index contributed by atoms with van der Waals surface area (Å²) in [7, 11) is 0. The Bertz CT molecular complexity index is 657. The van der Waals surface area contributed by atoms with Crippen molar-refractivity contribution in [2.24, 2.45) is 0 Å². The van der Waals surface area contributed by atoms with Crippen LogP contribution in [0.5, 0.6) is 0 Å². The van der Waals surface area contributed by atoms with Gasteiger partial charge in [0.15, 0.2) is 5.82 Å². The molecule has 0 saturated carbocycles. The summed E-state index contributed by atoms with van der Waals surface area (Å²) in [6.45, 7) is 0. The molecule has 1 aromatic heterocycles. The van der Waals surface area contributed by atoms with Gasteiger partial charge < -0.3 is 4.52 Å². The molecule has 0 spiro atoms. The van der Waals surface area contributed by atoms with Crippen molar-refractivity contribution < 1.29 is 22.1 Å². The third-order valence-electron chi connectivity index (χ3n) is 2.46. The average molecular weight is 285 g/mol. The second-order valence-electron chi connectivity index (χ2n) is 3.91. The van der Waals surface area contributed by atoms with Crippen LogP contribution in [0.1, 0.15) is 17.8 Å². The first kappa shape index (κ1) is 14.0. The molecule has 4 nitrogen and oxygen atoms in total. The topological polar surface area (TPSA) is 62.7 Å². The standard InChI is InChI=1S/C12H7F4N3O/c13-9-3-1-2-7(8(9)6-17)11-18-10(19-20-11)4-5-12(14,15)16/h1-3H,4-5H2. The number of halogens is 4. The normalized spacial score (nSPS) is 11.3. The predicted octanol–water partition coefficient (Wildman–Crippen LogP) is 3.24. The number of rotatable bonds is 3. The highest BCUT2D eigenvalue weighted by Crippen LogP contribution is 2.25. The van der Waals surface area contributed by atoms with Gasteiger partial charge in [0.2, 0.25) is 0 Å². The fourth-order valence-corrected chi connectivity index (χ4v) is 1.53. The van der Waals surface area contributed by atoms with E-state index in [0.29, 0.717) is 0 Å². The van der Waals surface area contributed by atoms with Gasteiger partial charge in [-0.05, 0) is 12.1 Å². The number of aromatic nitrogens is 2. The molecule has 0 aliphatic rings. The summed E-state index contributed by atoms with van der Waals surface area (Å²) in [4.78, 5) is 3.74. The van der Waals surface area contributed by atoms with E-state index in [1.807, 2.05) is 0 Å². The molecule has 1 aromatic carbocycles. The lowest BCUT2D eigenvalue weighted by Gasteiger charge is -2.02. The van der Waals surface area contributed by atoms with Crippen LogP contribution in [-0.4, -0.2) is 16.3 Å². The van der Waals surface area contributed by atoms with Crippen LogP contribution in [0.25, 0.3) is 11.5 Å². The van der Waals surface area contributed by atoms with E-state index in [4.69, 9.17) is 9.78 Å². The van der Waals surface area contributed by atoms with Crippen LogP contribution in [0.15, 0.2) is 22.7 Å². The molecule has 0 unspecified atom stereocenters. The van der Waals surface area contributed by atoms with Crippen molar-refractivity contribution in [1.82, 2.24) is 10.1 Å². The summed E-state index contributed by atoms with van der Waals surface area (Å²) in [5.74, 6) is -1.09. The molecule has 0 atom stereocenters. The van der Waals surface area contributed by atoms with E-state index in [-0.39, 0.29) is 22.8 Å². The first-order chi connectivity index (χ1) is 9.40. The van der Waals surface area contributed by atoms with Gasteiger partial charge in [-0.1, -0.05) is 11.2 Å². The van der Waals surface area contributed by atoms with Crippen LogP contribution < -0.4 is 0 Å². The molecule has 0 N–H and O–H groups in total. The number of nitriles is 1. The van der Waals surface area contributed by atoms with Gasteiger partial charge in [-0.2, -0.15) is 23.4 Å². The number of nitrogens with zero attached hydrogens (tertiary/aromatic N) is 3. The second-order valence-corrected chi connectivity index (χ2v) is 3.91. The highest BCUT2D eigenvalue weighted by molar-refractivity contribution is 5.63. The zero-order valence-corrected chi connectivity index (χ0v) is 9.91. The number of aryl methyl sites for hydroxylation is 1. The van der Waals surface area contributed by atoms with Gasteiger partial charge in [0.25, 0.3) is 5.89 Å². The van der Waals surface area contributed by atoms with Gasteiger partial charge in [0, 0.05) is 6.42 Å². The number of alkyl halides is 3. The van der Waals surface area contributed by atoms with Crippen molar-refractivity contribution in [3.63, 3.8) is 0 Å². The predicted molar refractivity (Wildman–Crippen MR) is 58.8 cm³/mol. The largest absolute Gasteiger partial charge is 0.389 e. The SMILES string of the molecule is N#Cc1c(F)cccc1-c1nc(CCC(F)(F)F)no1. The van der Waals surface area contributed by atoms with Crippen molar-refractivity contribution in [1.29, 1.82) is 5.26 Å². The molecule has 2 rings (SSSR count). The number of benzene rings is 1. The molecule has 0 saturated heterocycles. The van der Waals surface area contributed by atoms with Gasteiger partial charge in [0.1, 0.15) is 17.4 Å². The molecule has 0 aliphatic carbocycles. The van der Waals surface area contributed by atoms with Crippen molar-refractivity contribution >= 4 is 0 Å². The maximum atomic E-state index is 13.4. The zero-order chi connectivity index (χ0) is 14.8. The summed E-state index contributed by atoms with van der Waals surface area (Å²) >= 11 is 0. The van der Waals surface area contributed by atoms with Gasteiger partial charge in [0.05, 0.1) is 12.0 Å². The lowest BCUT2D eigenvalue weighted by Crippen LogP contribution is -2.09. The molecule has 20 heavy (non-hydrogen) atoms. The van der Waals surface area contributed by atoms with Gasteiger partial charge in [-0.25, -0.2) is 4.39 Å². The minimum atomic E-state index is -4.32. The minimum absolute atomic E-state index is 0.0539. The fourth-order valence-electron chi connectivity index (χ4n) is 1.53. The third kappa shape index (κ3) is 3.12. The molecule has 0 fully saturated rings. The molecule has 0 aliphatic heterocycles. The quantitative estimate of drug-likeness (QED) is 0.812. The van der Waals surface area contributed by atoms with Crippen LogP contribution in [0.4, 0.5) is 17.6 Å². The van der Waals surface area contributed by atoms with E-state index < -0.39 is 24.8 Å². The van der Waals surface area contributed by atoms with Gasteiger partial charge in [-0.15, -0.1) is 0 Å². The molecular weight excluding hydrogens is 278 g/mol. The number of hydrogen-bond donors (Lipinski definition) is 0. The van der Waals surface area contributed by atoms with E-state index in [9.17, 15) is 17.6 Å². The third-order valence-corrected chi connectivity index (χ3v) is 2.46. The Balaban J connectivity index is 2.26. The molecule has 0 amide bonds. The molecule has 0 bridgehead atoms. The summed E-state index contributed by atoms with van der Waals surface area (Å²) < 4.78 is 54.3. The molecule has 104 valence electrons. The lowest BCUT2D eigenvalue weighted by atomic mass is 10.1. The highest BCUT2D eigenvalue weighted by atomic mass is 19.4. The van der Waals surface area contributed by atoms with E-state index in [1.54, 1.807) is 6.07 Å². The van der Waals surface area contributed by atoms with Crippen LogP contribution >= 0.6 is 0 Å². The Labute approximate surface area is 110 Å². The summed E-state index contributed by atoms with van der Waals surface area (Å²) in [6, 6.07) is 5.45. The maximum Gasteiger partial charge on any atom is 0.389 e. The molecule has 2 aromatic rings. The van der Waals surface area contributed by atoms with Crippen molar-refractivity contribution in [3.8, 4) is 17.5 Å². The fraction of sp³-hybridized carbons (Fsp3) is 0.250. The van der Waals surface area contributed by atoms with Crippen molar-refractivity contribution in [2.75, 3.05) is 0 Å². The molecule has 0 radical (unpaired) electrons. The van der Waals surface area contributed by atoms with Crippen molar-refractivity contribution in [2.45, 2.75) is 19.0 Å². The van der Waals surface area contributed by atoms with Crippen LogP contribution in [0.3, 0.4) is 0 Å². The van der Waals surface area contributed by atoms with E-state index in [0.717, 1.165) is 6.07 Å². The summed E-state index contributed by atoms with van der Waals surface area (Å²) in [6.07, 6.45) is -5.85. The molecule has 8 heteroatoms.